The molecule has 17 heavy (non-hydrogen) atoms. The van der Waals surface area contributed by atoms with Crippen molar-refractivity contribution in [3.05, 3.63) is 24.5 Å². The predicted octanol–water partition coefficient (Wildman–Crippen LogP) is 2.44. The van der Waals surface area contributed by atoms with Gasteiger partial charge in [-0.3, -0.25) is 4.98 Å². The fourth-order valence-electron chi connectivity index (χ4n) is 2.45. The number of nitrogens with one attached hydrogen (secondary N) is 1. The molecule has 1 fully saturated rings. The Bertz CT molecular complexity index is 334. The Morgan fingerprint density at radius 2 is 1.76 bits per heavy atom. The number of pyridine rings is 1. The van der Waals surface area contributed by atoms with E-state index in [1.807, 2.05) is 12.4 Å². The Kier molecular flexibility index (Phi) is 3.67. The largest absolute Gasteiger partial charge is 0.371 e. The van der Waals surface area contributed by atoms with Crippen LogP contribution in [0.25, 0.3) is 0 Å². The smallest absolute Gasteiger partial charge is 0.0397 e. The Morgan fingerprint density at radius 1 is 1.18 bits per heavy atom. The molecular weight excluding hydrogens is 210 g/mol. The van der Waals surface area contributed by atoms with E-state index in [4.69, 9.17) is 0 Å². The van der Waals surface area contributed by atoms with Crippen molar-refractivity contribution in [3.8, 4) is 0 Å². The summed E-state index contributed by atoms with van der Waals surface area (Å²) in [6.45, 7) is 8.99. The summed E-state index contributed by atoms with van der Waals surface area (Å²) in [5, 5.41) is 3.69. The summed E-state index contributed by atoms with van der Waals surface area (Å²) in [7, 11) is 0. The molecule has 1 aliphatic heterocycles. The van der Waals surface area contributed by atoms with Crippen molar-refractivity contribution >= 4 is 5.69 Å². The highest BCUT2D eigenvalue weighted by atomic mass is 15.2. The number of aromatic nitrogens is 1. The standard InChI is InChI=1S/C14H23N3/c1-14(2,3)16-12-6-10-17(11-7-12)13-4-8-15-9-5-13/h4-5,8-9,12,16H,6-7,10-11H2,1-3H3. The zero-order chi connectivity index (χ0) is 12.3. The number of hydrogen-bond donors (Lipinski definition) is 1. The number of rotatable bonds is 2. The van der Waals surface area contributed by atoms with Gasteiger partial charge in [0.1, 0.15) is 0 Å². The lowest BCUT2D eigenvalue weighted by atomic mass is 10.00. The first-order valence-corrected chi connectivity index (χ1v) is 6.47. The number of anilines is 1. The van der Waals surface area contributed by atoms with Gasteiger partial charge in [-0.25, -0.2) is 0 Å². The van der Waals surface area contributed by atoms with Gasteiger partial charge in [-0.1, -0.05) is 0 Å². The molecule has 94 valence electrons. The molecule has 1 N–H and O–H groups in total. The van der Waals surface area contributed by atoms with Crippen LogP contribution in [0.3, 0.4) is 0 Å². The fraction of sp³-hybridized carbons (Fsp3) is 0.643. The van der Waals surface area contributed by atoms with Crippen LogP contribution in [0.4, 0.5) is 5.69 Å². The molecule has 0 unspecified atom stereocenters. The monoisotopic (exact) mass is 233 g/mol. The van der Waals surface area contributed by atoms with Crippen LogP contribution in [-0.4, -0.2) is 29.7 Å². The van der Waals surface area contributed by atoms with Crippen molar-refractivity contribution < 1.29 is 0 Å². The van der Waals surface area contributed by atoms with Crippen molar-refractivity contribution in [2.75, 3.05) is 18.0 Å². The van der Waals surface area contributed by atoms with E-state index < -0.39 is 0 Å². The lowest BCUT2D eigenvalue weighted by Crippen LogP contribution is -2.49. The highest BCUT2D eigenvalue weighted by molar-refractivity contribution is 5.44. The van der Waals surface area contributed by atoms with Crippen LogP contribution in [0.1, 0.15) is 33.6 Å². The maximum absolute atomic E-state index is 4.06. The van der Waals surface area contributed by atoms with E-state index in [0.29, 0.717) is 6.04 Å². The van der Waals surface area contributed by atoms with Gasteiger partial charge in [-0.05, 0) is 45.7 Å². The van der Waals surface area contributed by atoms with Gasteiger partial charge >= 0.3 is 0 Å². The third-order valence-electron chi connectivity index (χ3n) is 3.16. The molecule has 0 amide bonds. The van der Waals surface area contributed by atoms with Crippen LogP contribution < -0.4 is 10.2 Å². The van der Waals surface area contributed by atoms with Crippen LogP contribution in [0.2, 0.25) is 0 Å². The molecule has 1 aromatic rings. The molecule has 1 aromatic heterocycles. The Balaban J connectivity index is 1.86. The van der Waals surface area contributed by atoms with Crippen LogP contribution >= 0.6 is 0 Å². The van der Waals surface area contributed by atoms with Gasteiger partial charge in [0.2, 0.25) is 0 Å². The molecule has 2 rings (SSSR count). The summed E-state index contributed by atoms with van der Waals surface area (Å²) in [6, 6.07) is 4.85. The van der Waals surface area contributed by atoms with Gasteiger partial charge in [0.15, 0.2) is 0 Å². The van der Waals surface area contributed by atoms with E-state index in [9.17, 15) is 0 Å². The molecule has 2 heterocycles. The van der Waals surface area contributed by atoms with Gasteiger partial charge < -0.3 is 10.2 Å². The second-order valence-electron chi connectivity index (χ2n) is 5.86. The second-order valence-corrected chi connectivity index (χ2v) is 5.86. The van der Waals surface area contributed by atoms with Crippen molar-refractivity contribution in [1.82, 2.24) is 10.3 Å². The zero-order valence-corrected chi connectivity index (χ0v) is 11.1. The van der Waals surface area contributed by atoms with Gasteiger partial charge in [-0.15, -0.1) is 0 Å². The molecule has 1 saturated heterocycles. The van der Waals surface area contributed by atoms with E-state index in [0.717, 1.165) is 13.1 Å². The van der Waals surface area contributed by atoms with Gasteiger partial charge in [0.05, 0.1) is 0 Å². The first-order chi connectivity index (χ1) is 8.04. The first-order valence-electron chi connectivity index (χ1n) is 6.47. The summed E-state index contributed by atoms with van der Waals surface area (Å²) in [5.74, 6) is 0. The number of nitrogens with zero attached hydrogens (tertiary/aromatic N) is 2. The van der Waals surface area contributed by atoms with Gasteiger partial charge in [0.25, 0.3) is 0 Å². The van der Waals surface area contributed by atoms with Gasteiger partial charge in [0, 0.05) is 42.8 Å². The molecular formula is C14H23N3. The lowest BCUT2D eigenvalue weighted by molar-refractivity contribution is 0.317. The van der Waals surface area contributed by atoms with Crippen LogP contribution in [-0.2, 0) is 0 Å². The summed E-state index contributed by atoms with van der Waals surface area (Å²) >= 11 is 0. The molecule has 0 radical (unpaired) electrons. The quantitative estimate of drug-likeness (QED) is 0.850. The fourth-order valence-corrected chi connectivity index (χ4v) is 2.45. The van der Waals surface area contributed by atoms with E-state index in [-0.39, 0.29) is 5.54 Å². The predicted molar refractivity (Wildman–Crippen MR) is 72.4 cm³/mol. The third-order valence-corrected chi connectivity index (χ3v) is 3.16. The SMILES string of the molecule is CC(C)(C)NC1CCN(c2ccncc2)CC1. The van der Waals surface area contributed by atoms with E-state index >= 15 is 0 Å². The van der Waals surface area contributed by atoms with E-state index in [1.165, 1.54) is 18.5 Å². The van der Waals surface area contributed by atoms with Crippen molar-refractivity contribution in [3.63, 3.8) is 0 Å². The van der Waals surface area contributed by atoms with Crippen LogP contribution in [0.15, 0.2) is 24.5 Å². The minimum atomic E-state index is 0.226. The first kappa shape index (κ1) is 12.4. The summed E-state index contributed by atoms with van der Waals surface area (Å²) < 4.78 is 0. The molecule has 0 aromatic carbocycles. The molecule has 0 atom stereocenters. The molecule has 3 heteroatoms. The average Bonchev–Trinajstić information content (AvgIpc) is 2.29. The van der Waals surface area contributed by atoms with Crippen molar-refractivity contribution in [2.45, 2.75) is 45.2 Å². The Morgan fingerprint density at radius 3 is 2.29 bits per heavy atom. The molecule has 1 aliphatic rings. The summed E-state index contributed by atoms with van der Waals surface area (Å²) in [5.41, 5.74) is 1.53. The third kappa shape index (κ3) is 3.70. The zero-order valence-electron chi connectivity index (χ0n) is 11.1. The van der Waals surface area contributed by atoms with Crippen LogP contribution in [0, 0.1) is 0 Å². The van der Waals surface area contributed by atoms with E-state index in [2.05, 4.69) is 48.1 Å². The maximum atomic E-state index is 4.06. The van der Waals surface area contributed by atoms with Crippen LogP contribution in [0.5, 0.6) is 0 Å². The molecule has 0 spiro atoms. The average molecular weight is 233 g/mol. The molecule has 3 nitrogen and oxygen atoms in total. The Labute approximate surface area is 104 Å². The molecule has 0 aliphatic carbocycles. The Hall–Kier alpha value is -1.09. The van der Waals surface area contributed by atoms with Crippen molar-refractivity contribution in [2.24, 2.45) is 0 Å². The lowest BCUT2D eigenvalue weighted by Gasteiger charge is -2.37. The normalized spacial score (nSPS) is 18.4. The summed E-state index contributed by atoms with van der Waals surface area (Å²) in [6.07, 6.45) is 6.18. The maximum Gasteiger partial charge on any atom is 0.0397 e. The highest BCUT2D eigenvalue weighted by Gasteiger charge is 2.22. The second kappa shape index (κ2) is 5.05. The van der Waals surface area contributed by atoms with E-state index in [1.54, 1.807) is 0 Å². The topological polar surface area (TPSA) is 28.2 Å². The minimum absolute atomic E-state index is 0.226. The number of hydrogen-bond acceptors (Lipinski definition) is 3. The highest BCUT2D eigenvalue weighted by Crippen LogP contribution is 2.20. The molecule has 0 saturated carbocycles. The van der Waals surface area contributed by atoms with Gasteiger partial charge in [-0.2, -0.15) is 0 Å². The van der Waals surface area contributed by atoms with Crippen molar-refractivity contribution in [1.29, 1.82) is 0 Å². The minimum Gasteiger partial charge on any atom is -0.371 e. The summed E-state index contributed by atoms with van der Waals surface area (Å²) in [4.78, 5) is 6.51. The molecule has 0 bridgehead atoms. The number of piperidine rings is 1.